The number of aryl methyl sites for hydroxylation is 2. The van der Waals surface area contributed by atoms with E-state index in [1.165, 1.54) is 24.1 Å². The highest BCUT2D eigenvalue weighted by molar-refractivity contribution is 5.95. The maximum atomic E-state index is 12.8. The van der Waals surface area contributed by atoms with Gasteiger partial charge in [-0.2, -0.15) is 13.2 Å². The molecule has 144 valence electrons. The maximum Gasteiger partial charge on any atom is 0.433 e. The molecule has 1 aliphatic rings. The van der Waals surface area contributed by atoms with E-state index in [9.17, 15) is 18.0 Å². The molecule has 0 unspecified atom stereocenters. The van der Waals surface area contributed by atoms with Crippen molar-refractivity contribution >= 4 is 11.6 Å². The van der Waals surface area contributed by atoms with Crippen molar-refractivity contribution in [2.24, 2.45) is 0 Å². The summed E-state index contributed by atoms with van der Waals surface area (Å²) in [6, 6.07) is 8.26. The first kappa shape index (κ1) is 19.2. The van der Waals surface area contributed by atoms with Crippen LogP contribution in [0.4, 0.5) is 18.9 Å². The standard InChI is InChI=1S/C20H22F3N3O/c1-13-5-4-6-17(14(13)2)25-9-11-26(12-10-25)19(27)16-7-8-18(20(21,22)23)24-15(16)3/h4-8H,9-12H2,1-3H3. The first-order chi connectivity index (χ1) is 12.7. The Labute approximate surface area is 156 Å². The average molecular weight is 377 g/mol. The van der Waals surface area contributed by atoms with Crippen LogP contribution in [0, 0.1) is 20.8 Å². The van der Waals surface area contributed by atoms with Crippen molar-refractivity contribution < 1.29 is 18.0 Å². The van der Waals surface area contributed by atoms with Gasteiger partial charge >= 0.3 is 6.18 Å². The second-order valence-corrected chi connectivity index (χ2v) is 6.83. The van der Waals surface area contributed by atoms with Gasteiger partial charge in [0, 0.05) is 31.9 Å². The molecule has 0 atom stereocenters. The summed E-state index contributed by atoms with van der Waals surface area (Å²) in [7, 11) is 0. The van der Waals surface area contributed by atoms with E-state index >= 15 is 0 Å². The molecule has 1 fully saturated rings. The summed E-state index contributed by atoms with van der Waals surface area (Å²) in [6.07, 6.45) is -4.51. The van der Waals surface area contributed by atoms with Crippen LogP contribution in [0.1, 0.15) is 32.9 Å². The number of hydrogen-bond donors (Lipinski definition) is 0. The fourth-order valence-electron chi connectivity index (χ4n) is 3.34. The Morgan fingerprint density at radius 2 is 1.67 bits per heavy atom. The highest BCUT2D eigenvalue weighted by Gasteiger charge is 2.33. The average Bonchev–Trinajstić information content (AvgIpc) is 2.63. The molecule has 1 aliphatic heterocycles. The van der Waals surface area contributed by atoms with E-state index in [-0.39, 0.29) is 17.2 Å². The van der Waals surface area contributed by atoms with Gasteiger partial charge in [-0.1, -0.05) is 12.1 Å². The normalized spacial score (nSPS) is 15.2. The number of carbonyl (C=O) groups is 1. The van der Waals surface area contributed by atoms with Crippen molar-refractivity contribution in [3.8, 4) is 0 Å². The van der Waals surface area contributed by atoms with Crippen LogP contribution in [0.5, 0.6) is 0 Å². The zero-order valence-corrected chi connectivity index (χ0v) is 15.6. The lowest BCUT2D eigenvalue weighted by Gasteiger charge is -2.37. The van der Waals surface area contributed by atoms with E-state index in [4.69, 9.17) is 0 Å². The quantitative estimate of drug-likeness (QED) is 0.794. The Morgan fingerprint density at radius 3 is 2.26 bits per heavy atom. The van der Waals surface area contributed by atoms with Crippen LogP contribution >= 0.6 is 0 Å². The van der Waals surface area contributed by atoms with Crippen LogP contribution in [-0.2, 0) is 6.18 Å². The Hall–Kier alpha value is -2.57. The van der Waals surface area contributed by atoms with Gasteiger partial charge in [0.15, 0.2) is 0 Å². The van der Waals surface area contributed by atoms with E-state index < -0.39 is 11.9 Å². The van der Waals surface area contributed by atoms with E-state index in [1.54, 1.807) is 4.90 Å². The highest BCUT2D eigenvalue weighted by Crippen LogP contribution is 2.29. The molecule has 7 heteroatoms. The molecule has 3 rings (SSSR count). The molecule has 0 spiro atoms. The number of halogens is 3. The lowest BCUT2D eigenvalue weighted by Crippen LogP contribution is -2.49. The summed E-state index contributed by atoms with van der Waals surface area (Å²) >= 11 is 0. The Kier molecular flexibility index (Phi) is 5.13. The van der Waals surface area contributed by atoms with Crippen molar-refractivity contribution in [2.45, 2.75) is 26.9 Å². The molecule has 2 heterocycles. The summed E-state index contributed by atoms with van der Waals surface area (Å²) < 4.78 is 38.3. The zero-order valence-electron chi connectivity index (χ0n) is 15.6. The molecule has 1 amide bonds. The first-order valence-corrected chi connectivity index (χ1v) is 8.84. The molecular formula is C20H22F3N3O. The van der Waals surface area contributed by atoms with Crippen LogP contribution in [0.25, 0.3) is 0 Å². The molecular weight excluding hydrogens is 355 g/mol. The molecule has 2 aromatic rings. The summed E-state index contributed by atoms with van der Waals surface area (Å²) in [5.41, 5.74) is 2.96. The second-order valence-electron chi connectivity index (χ2n) is 6.83. The Bertz CT molecular complexity index is 856. The molecule has 0 bridgehead atoms. The minimum absolute atomic E-state index is 0.104. The molecule has 0 N–H and O–H groups in total. The Balaban J connectivity index is 1.71. The van der Waals surface area contributed by atoms with Gasteiger partial charge in [0.05, 0.1) is 11.3 Å². The van der Waals surface area contributed by atoms with Crippen molar-refractivity contribution in [1.82, 2.24) is 9.88 Å². The van der Waals surface area contributed by atoms with E-state index in [2.05, 4.69) is 35.9 Å². The van der Waals surface area contributed by atoms with Crippen molar-refractivity contribution in [2.75, 3.05) is 31.1 Å². The zero-order chi connectivity index (χ0) is 19.8. The number of hydrogen-bond acceptors (Lipinski definition) is 3. The van der Waals surface area contributed by atoms with Crippen LogP contribution in [0.15, 0.2) is 30.3 Å². The van der Waals surface area contributed by atoms with Crippen LogP contribution in [-0.4, -0.2) is 42.0 Å². The molecule has 1 aromatic carbocycles. The molecule has 0 aliphatic carbocycles. The van der Waals surface area contributed by atoms with E-state index in [1.807, 2.05) is 6.07 Å². The highest BCUT2D eigenvalue weighted by atomic mass is 19.4. The van der Waals surface area contributed by atoms with Gasteiger partial charge in [0.1, 0.15) is 5.69 Å². The van der Waals surface area contributed by atoms with Crippen LogP contribution in [0.3, 0.4) is 0 Å². The van der Waals surface area contributed by atoms with Gasteiger partial charge in [0.25, 0.3) is 5.91 Å². The lowest BCUT2D eigenvalue weighted by molar-refractivity contribution is -0.141. The maximum absolute atomic E-state index is 12.8. The second kappa shape index (κ2) is 7.21. The summed E-state index contributed by atoms with van der Waals surface area (Å²) in [4.78, 5) is 20.2. The van der Waals surface area contributed by atoms with Crippen molar-refractivity contribution in [3.63, 3.8) is 0 Å². The minimum Gasteiger partial charge on any atom is -0.368 e. The van der Waals surface area contributed by atoms with Gasteiger partial charge in [-0.3, -0.25) is 4.79 Å². The third kappa shape index (κ3) is 3.91. The SMILES string of the molecule is Cc1cccc(N2CCN(C(=O)c3ccc(C(F)(F)F)nc3C)CC2)c1C. The number of carbonyl (C=O) groups excluding carboxylic acids is 1. The number of anilines is 1. The monoisotopic (exact) mass is 377 g/mol. The van der Waals surface area contributed by atoms with Crippen LogP contribution in [0.2, 0.25) is 0 Å². The number of benzene rings is 1. The molecule has 27 heavy (non-hydrogen) atoms. The van der Waals surface area contributed by atoms with Gasteiger partial charge in [-0.15, -0.1) is 0 Å². The molecule has 1 aromatic heterocycles. The lowest BCUT2D eigenvalue weighted by atomic mass is 10.1. The molecule has 0 radical (unpaired) electrons. The number of aromatic nitrogens is 1. The number of alkyl halides is 3. The number of piperazine rings is 1. The number of pyridine rings is 1. The largest absolute Gasteiger partial charge is 0.433 e. The number of amides is 1. The Morgan fingerprint density at radius 1 is 1.00 bits per heavy atom. The van der Waals surface area contributed by atoms with E-state index in [0.29, 0.717) is 26.2 Å². The molecule has 4 nitrogen and oxygen atoms in total. The summed E-state index contributed by atoms with van der Waals surface area (Å²) in [5.74, 6) is -0.269. The molecule has 1 saturated heterocycles. The smallest absolute Gasteiger partial charge is 0.368 e. The van der Waals surface area contributed by atoms with Gasteiger partial charge in [-0.25, -0.2) is 4.98 Å². The summed E-state index contributed by atoms with van der Waals surface area (Å²) in [6.45, 7) is 8.00. The van der Waals surface area contributed by atoms with Crippen molar-refractivity contribution in [1.29, 1.82) is 0 Å². The third-order valence-electron chi connectivity index (χ3n) is 5.09. The summed E-state index contributed by atoms with van der Waals surface area (Å²) in [5, 5.41) is 0. The van der Waals surface area contributed by atoms with Crippen molar-refractivity contribution in [3.05, 3.63) is 58.4 Å². The predicted octanol–water partition coefficient (Wildman–Crippen LogP) is 3.99. The van der Waals surface area contributed by atoms with Gasteiger partial charge in [-0.05, 0) is 50.1 Å². The van der Waals surface area contributed by atoms with Gasteiger partial charge in [0.2, 0.25) is 0 Å². The third-order valence-corrected chi connectivity index (χ3v) is 5.09. The fraction of sp³-hybridized carbons (Fsp3) is 0.400. The minimum atomic E-state index is -4.51. The van der Waals surface area contributed by atoms with E-state index in [0.717, 1.165) is 11.8 Å². The van der Waals surface area contributed by atoms with Crippen LogP contribution < -0.4 is 4.90 Å². The first-order valence-electron chi connectivity index (χ1n) is 8.84. The topological polar surface area (TPSA) is 36.4 Å². The fourth-order valence-corrected chi connectivity index (χ4v) is 3.34. The number of nitrogens with zero attached hydrogens (tertiary/aromatic N) is 3. The molecule has 0 saturated carbocycles. The number of rotatable bonds is 2. The predicted molar refractivity (Wildman–Crippen MR) is 98.0 cm³/mol. The van der Waals surface area contributed by atoms with Gasteiger partial charge < -0.3 is 9.80 Å².